The van der Waals surface area contributed by atoms with Crippen LogP contribution in [-0.2, 0) is 11.3 Å². The van der Waals surface area contributed by atoms with Gasteiger partial charge in [-0.15, -0.1) is 0 Å². The second kappa shape index (κ2) is 10.1. The van der Waals surface area contributed by atoms with Crippen LogP contribution < -0.4 is 21.1 Å². The van der Waals surface area contributed by atoms with E-state index >= 15 is 0 Å². The number of fused-ring (bicyclic) bond motifs is 1. The molecule has 1 aromatic heterocycles. The van der Waals surface area contributed by atoms with Gasteiger partial charge in [-0.25, -0.2) is 0 Å². The van der Waals surface area contributed by atoms with Crippen molar-refractivity contribution >= 4 is 34.1 Å². The Labute approximate surface area is 210 Å². The lowest BCUT2D eigenvalue weighted by atomic mass is 10.1. The summed E-state index contributed by atoms with van der Waals surface area (Å²) in [6.07, 6.45) is 3.10. The molecular formula is C28H33N5O3. The highest BCUT2D eigenvalue weighted by Crippen LogP contribution is 2.29. The summed E-state index contributed by atoms with van der Waals surface area (Å²) in [6, 6.07) is 13.3. The molecule has 2 aromatic carbocycles. The standard InChI is InChI=1S/C28H33N5O3/c1-18-13-26(34)31-24-7-6-21(15-22(18)24)30-28(36)23-14-19(5-8-25(23)33-10-3-4-11-33)16-32-12-9-20(17-32)27(35)29-2/h5-8,13-15,20H,3-4,9-12,16-17H2,1-2H3,(H,29,35)(H,30,36)(H,31,34). The van der Waals surface area contributed by atoms with Crippen molar-refractivity contribution in [3.05, 3.63) is 69.5 Å². The largest absolute Gasteiger partial charge is 0.371 e. The predicted molar refractivity (Wildman–Crippen MR) is 143 cm³/mol. The van der Waals surface area contributed by atoms with E-state index in [0.29, 0.717) is 17.8 Å². The number of aromatic nitrogens is 1. The average Bonchev–Trinajstić information content (AvgIpc) is 3.56. The van der Waals surface area contributed by atoms with E-state index in [9.17, 15) is 14.4 Å². The summed E-state index contributed by atoms with van der Waals surface area (Å²) in [5, 5.41) is 6.74. The van der Waals surface area contributed by atoms with Crippen molar-refractivity contribution in [3.63, 3.8) is 0 Å². The summed E-state index contributed by atoms with van der Waals surface area (Å²) >= 11 is 0. The quantitative estimate of drug-likeness (QED) is 0.496. The Morgan fingerprint density at radius 3 is 2.64 bits per heavy atom. The summed E-state index contributed by atoms with van der Waals surface area (Å²) < 4.78 is 0. The van der Waals surface area contributed by atoms with E-state index in [0.717, 1.165) is 73.2 Å². The van der Waals surface area contributed by atoms with Crippen molar-refractivity contribution in [2.45, 2.75) is 32.7 Å². The maximum Gasteiger partial charge on any atom is 0.257 e. The average molecular weight is 488 g/mol. The Kier molecular flexibility index (Phi) is 6.78. The summed E-state index contributed by atoms with van der Waals surface area (Å²) in [6.45, 7) is 6.09. The molecule has 2 amide bonds. The van der Waals surface area contributed by atoms with Crippen LogP contribution in [0.2, 0.25) is 0 Å². The second-order valence-corrected chi connectivity index (χ2v) is 9.91. The fourth-order valence-electron chi connectivity index (χ4n) is 5.45. The Balaban J connectivity index is 1.40. The molecule has 2 saturated heterocycles. The summed E-state index contributed by atoms with van der Waals surface area (Å²) in [7, 11) is 1.68. The zero-order valence-electron chi connectivity index (χ0n) is 20.9. The number of rotatable bonds is 6. The fourth-order valence-corrected chi connectivity index (χ4v) is 5.45. The first kappa shape index (κ1) is 24.1. The minimum atomic E-state index is -0.148. The minimum absolute atomic E-state index is 0.0212. The topological polar surface area (TPSA) is 97.5 Å². The number of nitrogens with zero attached hydrogens (tertiary/aromatic N) is 2. The van der Waals surface area contributed by atoms with Crippen molar-refractivity contribution in [3.8, 4) is 0 Å². The molecule has 0 radical (unpaired) electrons. The normalized spacial score (nSPS) is 18.1. The molecule has 0 bridgehead atoms. The van der Waals surface area contributed by atoms with Crippen LogP contribution in [0, 0.1) is 12.8 Å². The number of nitrogens with one attached hydrogen (secondary N) is 3. The number of carbonyl (C=O) groups is 2. The molecule has 3 N–H and O–H groups in total. The molecule has 188 valence electrons. The van der Waals surface area contributed by atoms with E-state index in [1.165, 1.54) is 0 Å². The number of hydrogen-bond acceptors (Lipinski definition) is 5. The first-order valence-corrected chi connectivity index (χ1v) is 12.7. The second-order valence-electron chi connectivity index (χ2n) is 9.91. The van der Waals surface area contributed by atoms with Crippen LogP contribution in [0.5, 0.6) is 0 Å². The molecule has 8 heteroatoms. The Morgan fingerprint density at radius 1 is 1.06 bits per heavy atom. The fraction of sp³-hybridized carbons (Fsp3) is 0.393. The highest BCUT2D eigenvalue weighted by Gasteiger charge is 2.28. The molecule has 36 heavy (non-hydrogen) atoms. The van der Waals surface area contributed by atoms with Gasteiger partial charge in [-0.2, -0.15) is 0 Å². The summed E-state index contributed by atoms with van der Waals surface area (Å²) in [4.78, 5) is 44.8. The van der Waals surface area contributed by atoms with E-state index < -0.39 is 0 Å². The summed E-state index contributed by atoms with van der Waals surface area (Å²) in [5.41, 5.74) is 4.85. The molecule has 2 aliphatic rings. The van der Waals surface area contributed by atoms with E-state index in [-0.39, 0.29) is 23.3 Å². The molecule has 1 atom stereocenters. The third-order valence-electron chi connectivity index (χ3n) is 7.36. The van der Waals surface area contributed by atoms with Gasteiger partial charge in [-0.1, -0.05) is 6.07 Å². The van der Waals surface area contributed by atoms with Gasteiger partial charge in [-0.05, 0) is 74.2 Å². The lowest BCUT2D eigenvalue weighted by molar-refractivity contribution is -0.124. The van der Waals surface area contributed by atoms with E-state index in [1.54, 1.807) is 13.1 Å². The number of benzene rings is 2. The molecule has 2 aliphatic heterocycles. The van der Waals surface area contributed by atoms with Gasteiger partial charge in [0.25, 0.3) is 5.91 Å². The number of H-pyrrole nitrogens is 1. The first-order chi connectivity index (χ1) is 17.4. The van der Waals surface area contributed by atoms with Crippen LogP contribution in [0.1, 0.15) is 40.7 Å². The third kappa shape index (κ3) is 4.99. The Morgan fingerprint density at radius 2 is 1.86 bits per heavy atom. The number of likely N-dealkylation sites (tertiary alicyclic amines) is 1. The number of aromatic amines is 1. The van der Waals surface area contributed by atoms with Crippen LogP contribution >= 0.6 is 0 Å². The number of anilines is 2. The van der Waals surface area contributed by atoms with Crippen LogP contribution in [0.3, 0.4) is 0 Å². The Bertz CT molecular complexity index is 1360. The van der Waals surface area contributed by atoms with Crippen LogP contribution in [0.25, 0.3) is 10.9 Å². The molecule has 5 rings (SSSR count). The molecule has 0 spiro atoms. The minimum Gasteiger partial charge on any atom is -0.371 e. The maximum absolute atomic E-state index is 13.6. The Hall–Kier alpha value is -3.65. The molecule has 8 nitrogen and oxygen atoms in total. The molecule has 1 unspecified atom stereocenters. The lowest BCUT2D eigenvalue weighted by Gasteiger charge is -2.23. The van der Waals surface area contributed by atoms with E-state index in [1.807, 2.05) is 31.2 Å². The monoisotopic (exact) mass is 487 g/mol. The lowest BCUT2D eigenvalue weighted by Crippen LogP contribution is -2.30. The third-order valence-corrected chi connectivity index (χ3v) is 7.36. The molecule has 2 fully saturated rings. The predicted octanol–water partition coefficient (Wildman–Crippen LogP) is 3.26. The van der Waals surface area contributed by atoms with Crippen molar-refractivity contribution in [1.82, 2.24) is 15.2 Å². The van der Waals surface area contributed by atoms with Crippen LogP contribution in [0.4, 0.5) is 11.4 Å². The van der Waals surface area contributed by atoms with Gasteiger partial charge >= 0.3 is 0 Å². The zero-order chi connectivity index (χ0) is 25.2. The van der Waals surface area contributed by atoms with Gasteiger partial charge in [-0.3, -0.25) is 19.3 Å². The zero-order valence-corrected chi connectivity index (χ0v) is 20.9. The number of amides is 2. The van der Waals surface area contributed by atoms with E-state index in [4.69, 9.17) is 0 Å². The van der Waals surface area contributed by atoms with E-state index in [2.05, 4.69) is 37.6 Å². The van der Waals surface area contributed by atoms with Gasteiger partial charge in [0, 0.05) is 61.6 Å². The number of pyridine rings is 1. The van der Waals surface area contributed by atoms with Crippen molar-refractivity contribution in [1.29, 1.82) is 0 Å². The molecule has 3 aromatic rings. The van der Waals surface area contributed by atoms with Gasteiger partial charge in [0.1, 0.15) is 0 Å². The maximum atomic E-state index is 13.6. The highest BCUT2D eigenvalue weighted by molar-refractivity contribution is 6.09. The molecule has 0 saturated carbocycles. The summed E-state index contributed by atoms with van der Waals surface area (Å²) in [5.74, 6) is -0.0329. The van der Waals surface area contributed by atoms with Gasteiger partial charge in [0.05, 0.1) is 11.5 Å². The van der Waals surface area contributed by atoms with Crippen LogP contribution in [0.15, 0.2) is 47.3 Å². The first-order valence-electron chi connectivity index (χ1n) is 12.7. The number of aryl methyl sites for hydroxylation is 1. The van der Waals surface area contributed by atoms with Gasteiger partial charge in [0.2, 0.25) is 11.5 Å². The van der Waals surface area contributed by atoms with Crippen LogP contribution in [-0.4, -0.2) is 54.9 Å². The SMILES string of the molecule is CNC(=O)C1CCN(Cc2ccc(N3CCCC3)c(C(=O)Nc3ccc4[nH]c(=O)cc(C)c4c3)c2)C1. The van der Waals surface area contributed by atoms with Crippen molar-refractivity contribution in [2.75, 3.05) is 43.4 Å². The smallest absolute Gasteiger partial charge is 0.257 e. The molecule has 0 aliphatic carbocycles. The molecule has 3 heterocycles. The van der Waals surface area contributed by atoms with Gasteiger partial charge < -0.3 is 20.5 Å². The van der Waals surface area contributed by atoms with Crippen molar-refractivity contribution < 1.29 is 9.59 Å². The van der Waals surface area contributed by atoms with Gasteiger partial charge in [0.15, 0.2) is 0 Å². The molecular weight excluding hydrogens is 454 g/mol. The number of hydrogen-bond donors (Lipinski definition) is 3. The van der Waals surface area contributed by atoms with Crippen molar-refractivity contribution in [2.24, 2.45) is 5.92 Å². The number of carbonyl (C=O) groups excluding carboxylic acids is 2. The highest BCUT2D eigenvalue weighted by atomic mass is 16.2.